The van der Waals surface area contributed by atoms with Crippen LogP contribution in [0.25, 0.3) is 0 Å². The van der Waals surface area contributed by atoms with Gasteiger partial charge in [-0.2, -0.15) is 0 Å². The maximum Gasteiger partial charge on any atom is 0.326 e. The number of hydrogen-bond acceptors (Lipinski definition) is 16. The molecule has 0 aromatic heterocycles. The van der Waals surface area contributed by atoms with Crippen molar-refractivity contribution in [2.45, 2.75) is 185 Å². The quantitative estimate of drug-likeness (QED) is 0.0301. The fourth-order valence-corrected chi connectivity index (χ4v) is 7.43. The molecular weight excluding hydrogens is 1070 g/mol. The lowest BCUT2D eigenvalue weighted by atomic mass is 10.0. The van der Waals surface area contributed by atoms with Crippen LogP contribution in [0.2, 0.25) is 0 Å². The maximum atomic E-state index is 12.4. The van der Waals surface area contributed by atoms with E-state index in [4.69, 9.17) is 35.5 Å². The topological polar surface area (TPSA) is 430 Å². The highest BCUT2D eigenvalue weighted by molar-refractivity contribution is 7.15. The van der Waals surface area contributed by atoms with Crippen molar-refractivity contribution in [3.63, 3.8) is 0 Å². The number of hydrogen-bond donors (Lipinski definition) is 12. The van der Waals surface area contributed by atoms with Gasteiger partial charge in [0.1, 0.15) is 31.3 Å². The van der Waals surface area contributed by atoms with Crippen molar-refractivity contribution in [1.82, 2.24) is 31.9 Å². The molecule has 0 radical (unpaired) electrons. The highest BCUT2D eigenvalue weighted by Gasteiger charge is 2.25. The zero-order valence-corrected chi connectivity index (χ0v) is 48.1. The third kappa shape index (κ3) is 49.4. The molecule has 80 heavy (non-hydrogen) atoms. The van der Waals surface area contributed by atoms with Gasteiger partial charge in [0.25, 0.3) is 0 Å². The van der Waals surface area contributed by atoms with Crippen molar-refractivity contribution in [3.8, 4) is 0 Å². The van der Waals surface area contributed by atoms with E-state index in [-0.39, 0.29) is 117 Å². The monoisotopic (exact) mass is 1170 g/mol. The lowest BCUT2D eigenvalue weighted by Gasteiger charge is -2.17. The van der Waals surface area contributed by atoms with Crippen LogP contribution in [0.15, 0.2) is 0 Å². The number of unbranched alkanes of at least 4 members (excludes halogenated alkanes) is 14. The van der Waals surface area contributed by atoms with Gasteiger partial charge in [-0.3, -0.25) is 38.4 Å². The molecule has 0 saturated heterocycles. The van der Waals surface area contributed by atoms with Gasteiger partial charge in [0.05, 0.1) is 45.7 Å². The van der Waals surface area contributed by atoms with Crippen molar-refractivity contribution in [3.05, 3.63) is 0 Å². The highest BCUT2D eigenvalue weighted by Crippen LogP contribution is 2.14. The van der Waals surface area contributed by atoms with Crippen molar-refractivity contribution >= 4 is 74.5 Å². The molecule has 0 aromatic rings. The van der Waals surface area contributed by atoms with Crippen LogP contribution in [0.3, 0.4) is 0 Å². The van der Waals surface area contributed by atoms with E-state index in [1.54, 1.807) is 0 Å². The summed E-state index contributed by atoms with van der Waals surface area (Å²) < 4.78 is 21.2. The first-order valence-corrected chi connectivity index (χ1v) is 29.0. The summed E-state index contributed by atoms with van der Waals surface area (Å²) in [4.78, 5) is 130. The van der Waals surface area contributed by atoms with Crippen LogP contribution in [0.5, 0.6) is 0 Å². The summed E-state index contributed by atoms with van der Waals surface area (Å²) in [7, 11) is 2.42. The molecule has 27 nitrogen and oxygen atoms in total. The fraction of sp³-hybridized carbons (Fsp3) is 0.788. The molecule has 28 heteroatoms. The van der Waals surface area contributed by atoms with E-state index in [2.05, 4.69) is 41.1 Å². The Labute approximate surface area is 472 Å². The van der Waals surface area contributed by atoms with Gasteiger partial charge in [0, 0.05) is 51.7 Å². The molecule has 0 rings (SSSR count). The summed E-state index contributed by atoms with van der Waals surface area (Å²) in [6.45, 7) is 2.14. The Balaban J connectivity index is 0. The van der Waals surface area contributed by atoms with Crippen molar-refractivity contribution in [1.29, 1.82) is 0 Å². The molecule has 0 saturated carbocycles. The number of carbonyl (C=O) groups is 11. The standard InChI is InChI=1S/C51H90N8O19.CH5P/c52-37(48(53)68)17-15-16-26-54-41(60)23-20-39(50(71)72)58-44(63)25-22-40(51(73)74)59-46(65)36-78-34-32-76-30-28-56-45(64)35-77-33-31-75-29-27-55-42(61)24-21-38(49(69)70)57-43(62)18-13-11-9-7-5-3-1-2-4-6-8-10-12-14-19-47(66)67;1-2/h37-40H,1-36,52H2,(H2,53,68)(H,54,60)(H,55,61)(H,56,64)(H,57,62)(H,58,63)(H,59,65)(H,66,67)(H,69,70)(H,71,72)(H,73,74);2H2,1H3/t37?,38-,39-,40-;/m0./s1. The molecule has 0 aliphatic heterocycles. The van der Waals surface area contributed by atoms with E-state index in [0.29, 0.717) is 25.7 Å². The van der Waals surface area contributed by atoms with Crippen LogP contribution < -0.4 is 43.4 Å². The number of carboxylic acid groups (broad SMARTS) is 4. The Hall–Kier alpha value is -5.60. The third-order valence-electron chi connectivity index (χ3n) is 11.9. The Kier molecular flexibility index (Phi) is 50.4. The van der Waals surface area contributed by atoms with Gasteiger partial charge >= 0.3 is 23.9 Å². The lowest BCUT2D eigenvalue weighted by Crippen LogP contribution is -2.45. The van der Waals surface area contributed by atoms with E-state index >= 15 is 0 Å². The molecule has 0 aliphatic carbocycles. The van der Waals surface area contributed by atoms with Crippen molar-refractivity contribution < 1.29 is 92.1 Å². The summed E-state index contributed by atoms with van der Waals surface area (Å²) in [6, 6.07) is -4.88. The second-order valence-electron chi connectivity index (χ2n) is 18.7. The molecule has 0 spiro atoms. The average molecular weight is 1170 g/mol. The van der Waals surface area contributed by atoms with Gasteiger partial charge in [-0.05, 0) is 51.4 Å². The van der Waals surface area contributed by atoms with Gasteiger partial charge in [0.2, 0.25) is 41.4 Å². The highest BCUT2D eigenvalue weighted by atomic mass is 31.0. The first kappa shape index (κ1) is 76.5. The molecule has 0 bridgehead atoms. The van der Waals surface area contributed by atoms with Crippen LogP contribution in [0, 0.1) is 0 Å². The van der Waals surface area contributed by atoms with Crippen LogP contribution >= 0.6 is 9.24 Å². The van der Waals surface area contributed by atoms with Crippen molar-refractivity contribution in [2.75, 3.05) is 79.2 Å². The molecule has 14 N–H and O–H groups in total. The number of nitrogens with two attached hydrogens (primary N) is 2. The largest absolute Gasteiger partial charge is 0.481 e. The Bertz CT molecular complexity index is 1790. The molecule has 462 valence electrons. The second-order valence-corrected chi connectivity index (χ2v) is 18.7. The summed E-state index contributed by atoms with van der Waals surface area (Å²) in [5.41, 5.74) is 10.6. The Morgan fingerprint density at radius 2 is 0.713 bits per heavy atom. The van der Waals surface area contributed by atoms with E-state index in [1.807, 2.05) is 6.66 Å². The first-order valence-electron chi connectivity index (χ1n) is 27.8. The number of rotatable bonds is 54. The third-order valence-corrected chi connectivity index (χ3v) is 11.9. The minimum atomic E-state index is -1.49. The zero-order chi connectivity index (χ0) is 60.2. The summed E-state index contributed by atoms with van der Waals surface area (Å²) >= 11 is 0. The van der Waals surface area contributed by atoms with Crippen LogP contribution in [0.4, 0.5) is 0 Å². The average Bonchev–Trinajstić information content (AvgIpc) is 3.41. The van der Waals surface area contributed by atoms with Crippen LogP contribution in [-0.2, 0) is 71.7 Å². The number of aliphatic carboxylic acids is 4. The zero-order valence-electron chi connectivity index (χ0n) is 46.9. The van der Waals surface area contributed by atoms with E-state index in [0.717, 1.165) is 51.4 Å². The number of nitrogens with one attached hydrogen (secondary N) is 6. The smallest absolute Gasteiger partial charge is 0.326 e. The molecule has 0 fully saturated rings. The minimum absolute atomic E-state index is 0.0356. The number of carbonyl (C=O) groups excluding carboxylic acids is 7. The number of ether oxygens (including phenoxy) is 4. The minimum Gasteiger partial charge on any atom is -0.481 e. The molecule has 0 heterocycles. The van der Waals surface area contributed by atoms with E-state index in [1.165, 1.54) is 32.1 Å². The summed E-state index contributed by atoms with van der Waals surface area (Å²) in [5, 5.41) is 52.0. The van der Waals surface area contributed by atoms with Gasteiger partial charge in [-0.1, -0.05) is 83.7 Å². The SMILES string of the molecule is CP.NC(=O)C(N)CCCCNC(=O)CC[C@H](NC(=O)CC[C@H](NC(=O)COCCOCCNC(=O)COCCOCCNC(=O)CC[C@H](NC(=O)CCCCCCCCCCCCCCCCC(=O)O)C(=O)O)C(=O)O)C(=O)O. The van der Waals surface area contributed by atoms with Crippen LogP contribution in [-0.4, -0.2) is 189 Å². The normalized spacial score (nSPS) is 12.3. The first-order chi connectivity index (χ1) is 38.3. The molecular formula is C52H95N8O19P. The van der Waals surface area contributed by atoms with Gasteiger partial charge in [-0.15, -0.1) is 9.24 Å². The predicted octanol–water partition coefficient (Wildman–Crippen LogP) is 1.25. The molecule has 0 aliphatic rings. The molecule has 7 amide bonds. The second kappa shape index (κ2) is 52.8. The lowest BCUT2D eigenvalue weighted by molar-refractivity contribution is -0.144. The van der Waals surface area contributed by atoms with Gasteiger partial charge in [-0.25, -0.2) is 14.4 Å². The van der Waals surface area contributed by atoms with Gasteiger partial charge in [0.15, 0.2) is 0 Å². The number of amides is 7. The Morgan fingerprint density at radius 3 is 1.12 bits per heavy atom. The van der Waals surface area contributed by atoms with Gasteiger partial charge < -0.3 is 82.7 Å². The molecule has 0 aromatic carbocycles. The van der Waals surface area contributed by atoms with Crippen LogP contribution in [0.1, 0.15) is 161 Å². The summed E-state index contributed by atoms with van der Waals surface area (Å²) in [5.74, 6) is -8.64. The molecule has 5 atom stereocenters. The van der Waals surface area contributed by atoms with Crippen molar-refractivity contribution in [2.24, 2.45) is 11.5 Å². The molecule has 2 unspecified atom stereocenters. The Morgan fingerprint density at radius 1 is 0.375 bits per heavy atom. The van der Waals surface area contributed by atoms with E-state index in [9.17, 15) is 68.1 Å². The summed E-state index contributed by atoms with van der Waals surface area (Å²) in [6.07, 6.45) is 15.2. The predicted molar refractivity (Wildman–Crippen MR) is 297 cm³/mol. The fourth-order valence-electron chi connectivity index (χ4n) is 7.43. The number of carboxylic acids is 4. The number of primary amides is 1. The van der Waals surface area contributed by atoms with E-state index < -0.39 is 96.5 Å². The maximum absolute atomic E-state index is 12.4.